The van der Waals surface area contributed by atoms with E-state index in [-0.39, 0.29) is 17.7 Å². The Morgan fingerprint density at radius 1 is 1.25 bits per heavy atom. The van der Waals surface area contributed by atoms with Crippen LogP contribution >= 0.6 is 0 Å². The molecule has 1 aromatic carbocycles. The van der Waals surface area contributed by atoms with Crippen LogP contribution in [0, 0.1) is 5.82 Å². The van der Waals surface area contributed by atoms with Gasteiger partial charge in [-0.2, -0.15) is 0 Å². The number of halogens is 3. The zero-order valence-corrected chi connectivity index (χ0v) is 12.7. The van der Waals surface area contributed by atoms with Crippen molar-refractivity contribution in [3.8, 4) is 5.75 Å². The van der Waals surface area contributed by atoms with Gasteiger partial charge in [-0.05, 0) is 18.2 Å². The largest absolute Gasteiger partial charge is 0.494 e. The summed E-state index contributed by atoms with van der Waals surface area (Å²) in [5, 5.41) is 10.7. The minimum absolute atomic E-state index is 0.0171. The molecule has 0 heterocycles. The Balaban J connectivity index is 2.58. The second kappa shape index (κ2) is 8.90. The second-order valence-corrected chi connectivity index (χ2v) is 4.86. The number of ketones is 1. The maximum absolute atomic E-state index is 13.5. The van der Waals surface area contributed by atoms with E-state index in [1.54, 1.807) is 0 Å². The van der Waals surface area contributed by atoms with Crippen LogP contribution in [0.2, 0.25) is 0 Å². The molecular formula is C15H16F3NO5. The summed E-state index contributed by atoms with van der Waals surface area (Å²) in [6, 6.07) is 1.80. The molecule has 0 saturated heterocycles. The van der Waals surface area contributed by atoms with Crippen LogP contribution in [0.15, 0.2) is 18.2 Å². The molecule has 132 valence electrons. The SMILES string of the molecule is COc1ccc(C(=O)CCC(=O)NC(CC(F)F)C(=O)O)cc1F. The Morgan fingerprint density at radius 2 is 1.92 bits per heavy atom. The molecular weight excluding hydrogens is 331 g/mol. The number of Topliss-reactive ketones (excluding diaryl/α,β-unsaturated/α-hetero) is 1. The predicted octanol–water partition coefficient (Wildman–Crippen LogP) is 2.02. The number of carboxylic acid groups (broad SMARTS) is 1. The molecule has 1 aromatic rings. The number of nitrogens with one attached hydrogen (secondary N) is 1. The Bertz CT molecular complexity index is 621. The third-order valence-corrected chi connectivity index (χ3v) is 3.10. The highest BCUT2D eigenvalue weighted by Gasteiger charge is 2.24. The summed E-state index contributed by atoms with van der Waals surface area (Å²) >= 11 is 0. The zero-order valence-electron chi connectivity index (χ0n) is 12.7. The maximum atomic E-state index is 13.5. The fourth-order valence-corrected chi connectivity index (χ4v) is 1.88. The Kier molecular flexibility index (Phi) is 7.22. The van der Waals surface area contributed by atoms with Gasteiger partial charge in [0.2, 0.25) is 12.3 Å². The van der Waals surface area contributed by atoms with Gasteiger partial charge in [-0.1, -0.05) is 0 Å². The Morgan fingerprint density at radius 3 is 2.42 bits per heavy atom. The number of benzene rings is 1. The fourth-order valence-electron chi connectivity index (χ4n) is 1.88. The third-order valence-electron chi connectivity index (χ3n) is 3.10. The van der Waals surface area contributed by atoms with E-state index in [2.05, 4.69) is 0 Å². The molecule has 6 nitrogen and oxygen atoms in total. The normalized spacial score (nSPS) is 11.9. The van der Waals surface area contributed by atoms with Gasteiger partial charge >= 0.3 is 5.97 Å². The number of hydrogen-bond donors (Lipinski definition) is 2. The fraction of sp³-hybridized carbons (Fsp3) is 0.400. The molecule has 1 rings (SSSR count). The highest BCUT2D eigenvalue weighted by atomic mass is 19.3. The van der Waals surface area contributed by atoms with Gasteiger partial charge in [0.05, 0.1) is 7.11 Å². The Hall–Kier alpha value is -2.58. The first-order valence-electron chi connectivity index (χ1n) is 6.91. The number of ether oxygens (including phenoxy) is 1. The first kappa shape index (κ1) is 19.5. The van der Waals surface area contributed by atoms with Gasteiger partial charge < -0.3 is 15.2 Å². The smallest absolute Gasteiger partial charge is 0.326 e. The zero-order chi connectivity index (χ0) is 18.3. The molecule has 2 N–H and O–H groups in total. The van der Waals surface area contributed by atoms with Crippen LogP contribution in [-0.2, 0) is 9.59 Å². The molecule has 0 aromatic heterocycles. The number of carbonyl (C=O) groups is 3. The number of amides is 1. The Labute approximate surface area is 135 Å². The first-order chi connectivity index (χ1) is 11.2. The molecule has 1 atom stereocenters. The topological polar surface area (TPSA) is 92.7 Å². The number of carboxylic acids is 1. The highest BCUT2D eigenvalue weighted by molar-refractivity contribution is 5.98. The van der Waals surface area contributed by atoms with E-state index in [1.165, 1.54) is 19.2 Å². The van der Waals surface area contributed by atoms with Crippen LogP contribution in [0.4, 0.5) is 13.2 Å². The van der Waals surface area contributed by atoms with Crippen molar-refractivity contribution < 1.29 is 37.4 Å². The number of rotatable bonds is 9. The molecule has 0 bridgehead atoms. The van der Waals surface area contributed by atoms with Gasteiger partial charge in [0.1, 0.15) is 6.04 Å². The molecule has 1 unspecified atom stereocenters. The number of alkyl halides is 2. The molecule has 0 aliphatic heterocycles. The summed E-state index contributed by atoms with van der Waals surface area (Å²) < 4.78 is 42.6. The molecule has 0 radical (unpaired) electrons. The molecule has 0 aliphatic rings. The molecule has 0 fully saturated rings. The van der Waals surface area contributed by atoms with Crippen LogP contribution in [-0.4, -0.2) is 42.3 Å². The van der Waals surface area contributed by atoms with Crippen molar-refractivity contribution >= 4 is 17.7 Å². The highest BCUT2D eigenvalue weighted by Crippen LogP contribution is 2.19. The van der Waals surface area contributed by atoms with Crippen LogP contribution < -0.4 is 10.1 Å². The van der Waals surface area contributed by atoms with Crippen molar-refractivity contribution in [1.82, 2.24) is 5.32 Å². The van der Waals surface area contributed by atoms with Crippen molar-refractivity contribution in [2.24, 2.45) is 0 Å². The van der Waals surface area contributed by atoms with Gasteiger partial charge in [-0.15, -0.1) is 0 Å². The van der Waals surface area contributed by atoms with Gasteiger partial charge in [0.15, 0.2) is 17.3 Å². The van der Waals surface area contributed by atoms with E-state index in [9.17, 15) is 27.6 Å². The van der Waals surface area contributed by atoms with Crippen molar-refractivity contribution in [2.45, 2.75) is 31.7 Å². The van der Waals surface area contributed by atoms with Crippen molar-refractivity contribution in [3.63, 3.8) is 0 Å². The van der Waals surface area contributed by atoms with E-state index < -0.39 is 48.8 Å². The van der Waals surface area contributed by atoms with Crippen LogP contribution in [0.1, 0.15) is 29.6 Å². The molecule has 0 saturated carbocycles. The van der Waals surface area contributed by atoms with E-state index in [0.717, 1.165) is 6.07 Å². The van der Waals surface area contributed by atoms with Crippen LogP contribution in [0.3, 0.4) is 0 Å². The van der Waals surface area contributed by atoms with E-state index in [0.29, 0.717) is 0 Å². The average molecular weight is 347 g/mol. The lowest BCUT2D eigenvalue weighted by atomic mass is 10.1. The summed E-state index contributed by atoms with van der Waals surface area (Å²) in [5.74, 6) is -3.78. The summed E-state index contributed by atoms with van der Waals surface area (Å²) in [6.07, 6.45) is -4.65. The molecule has 9 heteroatoms. The molecule has 0 aliphatic carbocycles. The predicted molar refractivity (Wildman–Crippen MR) is 76.7 cm³/mol. The summed E-state index contributed by atoms with van der Waals surface area (Å²) in [6.45, 7) is 0. The van der Waals surface area contributed by atoms with E-state index >= 15 is 0 Å². The maximum Gasteiger partial charge on any atom is 0.326 e. The lowest BCUT2D eigenvalue weighted by Gasteiger charge is -2.13. The molecule has 24 heavy (non-hydrogen) atoms. The summed E-state index contributed by atoms with van der Waals surface area (Å²) in [5.41, 5.74) is 0.0171. The molecule has 0 spiro atoms. The number of hydrogen-bond acceptors (Lipinski definition) is 4. The van der Waals surface area contributed by atoms with Gasteiger partial charge in [-0.3, -0.25) is 9.59 Å². The molecule has 1 amide bonds. The monoisotopic (exact) mass is 347 g/mol. The number of aliphatic carboxylic acids is 1. The van der Waals surface area contributed by atoms with Gasteiger partial charge in [0, 0.05) is 24.8 Å². The van der Waals surface area contributed by atoms with Crippen molar-refractivity contribution in [3.05, 3.63) is 29.6 Å². The van der Waals surface area contributed by atoms with Crippen molar-refractivity contribution in [1.29, 1.82) is 0 Å². The number of carbonyl (C=O) groups excluding carboxylic acids is 2. The minimum Gasteiger partial charge on any atom is -0.494 e. The average Bonchev–Trinajstić information content (AvgIpc) is 2.51. The van der Waals surface area contributed by atoms with E-state index in [4.69, 9.17) is 9.84 Å². The third kappa shape index (κ3) is 5.90. The lowest BCUT2D eigenvalue weighted by molar-refractivity contribution is -0.143. The van der Waals surface area contributed by atoms with E-state index in [1.807, 2.05) is 5.32 Å². The van der Waals surface area contributed by atoms with Crippen LogP contribution in [0.25, 0.3) is 0 Å². The van der Waals surface area contributed by atoms with Crippen molar-refractivity contribution in [2.75, 3.05) is 7.11 Å². The summed E-state index contributed by atoms with van der Waals surface area (Å²) in [4.78, 5) is 34.2. The minimum atomic E-state index is -2.89. The second-order valence-electron chi connectivity index (χ2n) is 4.86. The summed E-state index contributed by atoms with van der Waals surface area (Å²) in [7, 11) is 1.27. The first-order valence-corrected chi connectivity index (χ1v) is 6.91. The number of methoxy groups -OCH3 is 1. The lowest BCUT2D eigenvalue weighted by Crippen LogP contribution is -2.42. The van der Waals surface area contributed by atoms with Crippen LogP contribution in [0.5, 0.6) is 5.75 Å². The van der Waals surface area contributed by atoms with Gasteiger partial charge in [-0.25, -0.2) is 18.0 Å². The standard InChI is InChI=1S/C15H16F3NO5/c1-24-12-4-2-8(6-9(12)16)11(20)3-5-14(21)19-10(15(22)23)7-13(17)18/h2,4,6,10,13H,3,5,7H2,1H3,(H,19,21)(H,22,23). The van der Waals surface area contributed by atoms with Gasteiger partial charge in [0.25, 0.3) is 0 Å². The quantitative estimate of drug-likeness (QED) is 0.667.